The fourth-order valence-electron chi connectivity index (χ4n) is 4.10. The molecule has 3 heteroatoms. The fraction of sp³-hybridized carbons (Fsp3) is 0.588. The molecular weight excluding hydrogens is 250 g/mol. The summed E-state index contributed by atoms with van der Waals surface area (Å²) in [6.45, 7) is 2.66. The van der Waals surface area contributed by atoms with Gasteiger partial charge in [0, 0.05) is 24.7 Å². The first-order chi connectivity index (χ1) is 9.56. The second-order valence-corrected chi connectivity index (χ2v) is 6.57. The number of benzene rings is 1. The van der Waals surface area contributed by atoms with Crippen molar-refractivity contribution in [3.8, 4) is 5.75 Å². The predicted molar refractivity (Wildman–Crippen MR) is 78.7 cm³/mol. The van der Waals surface area contributed by atoms with E-state index in [2.05, 4.69) is 0 Å². The Hall–Kier alpha value is -1.51. The number of phenolic OH excluding ortho intramolecular Hbond substituents is 1. The Morgan fingerprint density at radius 2 is 2.15 bits per heavy atom. The fourth-order valence-corrected chi connectivity index (χ4v) is 4.10. The van der Waals surface area contributed by atoms with Crippen LogP contribution in [0.25, 0.3) is 0 Å². The van der Waals surface area contributed by atoms with Gasteiger partial charge in [0.15, 0.2) is 0 Å². The molecule has 0 saturated heterocycles. The molecule has 0 spiro atoms. The van der Waals surface area contributed by atoms with E-state index in [0.29, 0.717) is 17.0 Å². The van der Waals surface area contributed by atoms with Gasteiger partial charge in [-0.15, -0.1) is 0 Å². The van der Waals surface area contributed by atoms with Gasteiger partial charge in [-0.1, -0.05) is 12.5 Å². The molecule has 1 aromatic rings. The number of amides is 1. The molecule has 3 unspecified atom stereocenters. The van der Waals surface area contributed by atoms with Gasteiger partial charge in [0.2, 0.25) is 0 Å². The molecule has 3 atom stereocenters. The second-order valence-electron chi connectivity index (χ2n) is 6.57. The van der Waals surface area contributed by atoms with E-state index in [9.17, 15) is 9.90 Å². The Balaban J connectivity index is 1.69. The van der Waals surface area contributed by atoms with Gasteiger partial charge in [0.25, 0.3) is 5.91 Å². The van der Waals surface area contributed by atoms with Gasteiger partial charge in [-0.3, -0.25) is 4.79 Å². The lowest BCUT2D eigenvalue weighted by Gasteiger charge is -2.27. The van der Waals surface area contributed by atoms with Crippen LogP contribution in [-0.2, 0) is 0 Å². The molecule has 2 fully saturated rings. The summed E-state index contributed by atoms with van der Waals surface area (Å²) < 4.78 is 0. The number of hydrogen-bond donors (Lipinski definition) is 1. The van der Waals surface area contributed by atoms with Crippen molar-refractivity contribution in [1.29, 1.82) is 0 Å². The van der Waals surface area contributed by atoms with Gasteiger partial charge in [-0.2, -0.15) is 0 Å². The molecule has 1 amide bonds. The number of carbonyl (C=O) groups is 1. The van der Waals surface area contributed by atoms with Crippen LogP contribution >= 0.6 is 0 Å². The van der Waals surface area contributed by atoms with Crippen molar-refractivity contribution in [3.05, 3.63) is 29.3 Å². The lowest BCUT2D eigenvalue weighted by atomic mass is 9.88. The van der Waals surface area contributed by atoms with Crippen molar-refractivity contribution >= 4 is 5.91 Å². The second kappa shape index (κ2) is 5.12. The van der Waals surface area contributed by atoms with Crippen molar-refractivity contribution < 1.29 is 9.90 Å². The monoisotopic (exact) mass is 273 g/mol. The molecule has 0 aliphatic heterocycles. The van der Waals surface area contributed by atoms with Gasteiger partial charge in [-0.25, -0.2) is 0 Å². The van der Waals surface area contributed by atoms with Crippen molar-refractivity contribution in [2.24, 2.45) is 17.8 Å². The number of phenols is 1. The van der Waals surface area contributed by atoms with Gasteiger partial charge in [-0.05, 0) is 56.1 Å². The van der Waals surface area contributed by atoms with Gasteiger partial charge in [0.1, 0.15) is 5.75 Å². The number of aromatic hydroxyl groups is 1. The molecule has 1 aromatic carbocycles. The first kappa shape index (κ1) is 13.5. The highest BCUT2D eigenvalue weighted by Crippen LogP contribution is 2.48. The molecule has 20 heavy (non-hydrogen) atoms. The first-order valence-corrected chi connectivity index (χ1v) is 7.60. The van der Waals surface area contributed by atoms with Crippen molar-refractivity contribution in [2.75, 3.05) is 13.6 Å². The lowest BCUT2D eigenvalue weighted by molar-refractivity contribution is 0.0753. The average molecular weight is 273 g/mol. The van der Waals surface area contributed by atoms with Gasteiger partial charge >= 0.3 is 0 Å². The minimum atomic E-state index is 0.0289. The van der Waals surface area contributed by atoms with Crippen LogP contribution in [0.5, 0.6) is 5.75 Å². The van der Waals surface area contributed by atoms with Crippen molar-refractivity contribution in [2.45, 2.75) is 32.6 Å². The van der Waals surface area contributed by atoms with Crippen LogP contribution in [0.4, 0.5) is 0 Å². The highest BCUT2D eigenvalue weighted by Gasteiger charge is 2.40. The summed E-state index contributed by atoms with van der Waals surface area (Å²) in [5.41, 5.74) is 1.30. The normalized spacial score (nSPS) is 27.8. The molecule has 0 aromatic heterocycles. The SMILES string of the molecule is Cc1c(O)cccc1C(=O)N(C)CC1CC2CCC1C2. The van der Waals surface area contributed by atoms with E-state index in [-0.39, 0.29) is 11.7 Å². The van der Waals surface area contributed by atoms with E-state index >= 15 is 0 Å². The Labute approximate surface area is 120 Å². The summed E-state index contributed by atoms with van der Waals surface area (Å²) in [6.07, 6.45) is 5.41. The molecule has 2 aliphatic rings. The summed E-state index contributed by atoms with van der Waals surface area (Å²) in [4.78, 5) is 14.4. The molecule has 2 bridgehead atoms. The van der Waals surface area contributed by atoms with Crippen molar-refractivity contribution in [3.63, 3.8) is 0 Å². The van der Waals surface area contributed by atoms with E-state index in [4.69, 9.17) is 0 Å². The van der Waals surface area contributed by atoms with Crippen LogP contribution in [0.1, 0.15) is 41.6 Å². The van der Waals surface area contributed by atoms with Crippen molar-refractivity contribution in [1.82, 2.24) is 4.90 Å². The zero-order valence-electron chi connectivity index (χ0n) is 12.3. The third-order valence-electron chi connectivity index (χ3n) is 5.28. The van der Waals surface area contributed by atoms with Crippen LogP contribution in [-0.4, -0.2) is 29.5 Å². The van der Waals surface area contributed by atoms with E-state index in [1.165, 1.54) is 25.7 Å². The molecular formula is C17H23NO2. The molecule has 2 saturated carbocycles. The summed E-state index contributed by atoms with van der Waals surface area (Å²) in [6, 6.07) is 5.16. The summed E-state index contributed by atoms with van der Waals surface area (Å²) >= 11 is 0. The predicted octanol–water partition coefficient (Wildman–Crippen LogP) is 3.21. The van der Waals surface area contributed by atoms with Crippen LogP contribution in [0, 0.1) is 24.7 Å². The summed E-state index contributed by atoms with van der Waals surface area (Å²) in [5, 5.41) is 9.73. The van der Waals surface area contributed by atoms with Crippen LogP contribution in [0.15, 0.2) is 18.2 Å². The van der Waals surface area contributed by atoms with E-state index in [0.717, 1.165) is 18.4 Å². The average Bonchev–Trinajstić information content (AvgIpc) is 3.03. The maximum absolute atomic E-state index is 12.5. The van der Waals surface area contributed by atoms with E-state index in [1.807, 2.05) is 11.9 Å². The molecule has 108 valence electrons. The van der Waals surface area contributed by atoms with Crippen LogP contribution in [0.3, 0.4) is 0 Å². The third-order valence-corrected chi connectivity index (χ3v) is 5.28. The number of rotatable bonds is 3. The third kappa shape index (κ3) is 2.30. The van der Waals surface area contributed by atoms with Gasteiger partial charge < -0.3 is 10.0 Å². The molecule has 3 rings (SSSR count). The Morgan fingerprint density at radius 3 is 2.80 bits per heavy atom. The zero-order chi connectivity index (χ0) is 14.3. The molecule has 2 aliphatic carbocycles. The maximum Gasteiger partial charge on any atom is 0.254 e. The minimum absolute atomic E-state index is 0.0289. The largest absolute Gasteiger partial charge is 0.508 e. The van der Waals surface area contributed by atoms with Crippen LogP contribution < -0.4 is 0 Å². The Bertz CT molecular complexity index is 526. The highest BCUT2D eigenvalue weighted by molar-refractivity contribution is 5.96. The smallest absolute Gasteiger partial charge is 0.254 e. The summed E-state index contributed by atoms with van der Waals surface area (Å²) in [7, 11) is 1.89. The van der Waals surface area contributed by atoms with E-state index < -0.39 is 0 Å². The molecule has 1 N–H and O–H groups in total. The lowest BCUT2D eigenvalue weighted by Crippen LogP contribution is -2.34. The highest BCUT2D eigenvalue weighted by atomic mass is 16.3. The standard InChI is InChI=1S/C17H23NO2/c1-11-15(4-3-5-16(11)19)17(20)18(2)10-14-9-12-6-7-13(14)8-12/h3-5,12-14,19H,6-10H2,1-2H3. The number of hydrogen-bond acceptors (Lipinski definition) is 2. The van der Waals surface area contributed by atoms with Crippen LogP contribution in [0.2, 0.25) is 0 Å². The number of carbonyl (C=O) groups excluding carboxylic acids is 1. The topological polar surface area (TPSA) is 40.5 Å². The molecule has 0 heterocycles. The first-order valence-electron chi connectivity index (χ1n) is 7.60. The summed E-state index contributed by atoms with van der Waals surface area (Å²) in [5.74, 6) is 2.65. The zero-order valence-corrected chi connectivity index (χ0v) is 12.3. The minimum Gasteiger partial charge on any atom is -0.508 e. The van der Waals surface area contributed by atoms with Gasteiger partial charge in [0.05, 0.1) is 0 Å². The Morgan fingerprint density at radius 1 is 1.35 bits per heavy atom. The molecule has 0 radical (unpaired) electrons. The molecule has 3 nitrogen and oxygen atoms in total. The number of fused-ring (bicyclic) bond motifs is 2. The van der Waals surface area contributed by atoms with E-state index in [1.54, 1.807) is 25.1 Å². The maximum atomic E-state index is 12.5. The Kier molecular flexibility index (Phi) is 3.45. The number of nitrogens with zero attached hydrogens (tertiary/aromatic N) is 1. The quantitative estimate of drug-likeness (QED) is 0.918.